The van der Waals surface area contributed by atoms with E-state index >= 15 is 0 Å². The van der Waals surface area contributed by atoms with Gasteiger partial charge in [-0.2, -0.15) is 5.10 Å². The van der Waals surface area contributed by atoms with Crippen molar-refractivity contribution in [1.29, 1.82) is 0 Å². The largest absolute Gasteiger partial charge is 0.573 e. The van der Waals surface area contributed by atoms with Gasteiger partial charge in [-0.1, -0.05) is 17.8 Å². The molecule has 1 aromatic carbocycles. The zero-order valence-corrected chi connectivity index (χ0v) is 12.1. The van der Waals surface area contributed by atoms with Gasteiger partial charge in [0.05, 0.1) is 12.0 Å². The van der Waals surface area contributed by atoms with Gasteiger partial charge in [-0.3, -0.25) is 4.79 Å². The Hall–Kier alpha value is -2.05. The summed E-state index contributed by atoms with van der Waals surface area (Å²) in [5.74, 6) is -0.646. The number of hydrogen-bond donors (Lipinski definition) is 3. The fourth-order valence-corrected chi connectivity index (χ4v) is 2.20. The monoisotopic (exact) mass is 347 g/mol. The average molecular weight is 347 g/mol. The standard InChI is InChI=1S/C11H9BF3N3O4S/c13-11(14,15)22-8-2-1-7(12(20)21)3-6(8)4-16-18-10-17-9(19)5-23-10/h1-4,20-21H,5H2,(H,17,18,19). The van der Waals surface area contributed by atoms with Crippen molar-refractivity contribution in [2.24, 2.45) is 10.2 Å². The minimum Gasteiger partial charge on any atom is -0.423 e. The van der Waals surface area contributed by atoms with Crippen LogP contribution in [0.15, 0.2) is 28.4 Å². The zero-order chi connectivity index (χ0) is 17.0. The van der Waals surface area contributed by atoms with Crippen molar-refractivity contribution >= 4 is 41.6 Å². The average Bonchev–Trinajstić information content (AvgIpc) is 2.84. The Kier molecular flexibility index (Phi) is 5.28. The van der Waals surface area contributed by atoms with Crippen LogP contribution in [0.4, 0.5) is 13.2 Å². The summed E-state index contributed by atoms with van der Waals surface area (Å²) in [6.07, 6.45) is -3.96. The van der Waals surface area contributed by atoms with Gasteiger partial charge in [-0.25, -0.2) is 0 Å². The number of rotatable bonds is 4. The summed E-state index contributed by atoms with van der Waals surface area (Å²) in [7, 11) is -1.86. The van der Waals surface area contributed by atoms with Crippen molar-refractivity contribution in [3.8, 4) is 5.75 Å². The molecule has 7 nitrogen and oxygen atoms in total. The van der Waals surface area contributed by atoms with Crippen molar-refractivity contribution in [3.05, 3.63) is 23.8 Å². The number of carbonyl (C=O) groups is 1. The molecule has 0 aliphatic carbocycles. The second-order valence-corrected chi connectivity index (χ2v) is 5.17. The highest BCUT2D eigenvalue weighted by molar-refractivity contribution is 8.15. The number of thioether (sulfide) groups is 1. The maximum atomic E-state index is 12.3. The first-order valence-electron chi connectivity index (χ1n) is 6.04. The smallest absolute Gasteiger partial charge is 0.423 e. The molecule has 23 heavy (non-hydrogen) atoms. The molecular formula is C11H9BF3N3O4S. The highest BCUT2D eigenvalue weighted by atomic mass is 32.2. The molecule has 0 aromatic heterocycles. The van der Waals surface area contributed by atoms with E-state index in [2.05, 4.69) is 20.3 Å². The molecule has 122 valence electrons. The van der Waals surface area contributed by atoms with E-state index in [9.17, 15) is 18.0 Å². The van der Waals surface area contributed by atoms with Gasteiger partial charge in [0.25, 0.3) is 0 Å². The predicted octanol–water partition coefficient (Wildman–Crippen LogP) is -0.182. The minimum atomic E-state index is -4.91. The van der Waals surface area contributed by atoms with Gasteiger partial charge in [-0.05, 0) is 17.6 Å². The van der Waals surface area contributed by atoms with Crippen molar-refractivity contribution < 1.29 is 32.8 Å². The number of amides is 1. The van der Waals surface area contributed by atoms with Crippen LogP contribution in [0.1, 0.15) is 5.56 Å². The highest BCUT2D eigenvalue weighted by Crippen LogP contribution is 2.25. The molecule has 0 spiro atoms. The SMILES string of the molecule is O=C1CSC(=NN=Cc2cc(B(O)O)ccc2OC(F)(F)F)N1. The van der Waals surface area contributed by atoms with E-state index in [1.807, 2.05) is 0 Å². The molecule has 0 unspecified atom stereocenters. The molecule has 1 aliphatic heterocycles. The van der Waals surface area contributed by atoms with Gasteiger partial charge in [0, 0.05) is 5.56 Å². The normalized spacial score (nSPS) is 16.9. The molecule has 1 aliphatic rings. The quantitative estimate of drug-likeness (QED) is 0.398. The van der Waals surface area contributed by atoms with E-state index in [1.54, 1.807) is 0 Å². The van der Waals surface area contributed by atoms with Crippen LogP contribution in [-0.2, 0) is 4.79 Å². The summed E-state index contributed by atoms with van der Waals surface area (Å²) in [4.78, 5) is 11.0. The van der Waals surface area contributed by atoms with E-state index in [0.29, 0.717) is 0 Å². The van der Waals surface area contributed by atoms with Crippen molar-refractivity contribution in [3.63, 3.8) is 0 Å². The van der Waals surface area contributed by atoms with E-state index in [-0.39, 0.29) is 27.9 Å². The molecule has 1 saturated heterocycles. The lowest BCUT2D eigenvalue weighted by Crippen LogP contribution is -2.30. The number of nitrogens with zero attached hydrogens (tertiary/aromatic N) is 2. The highest BCUT2D eigenvalue weighted by Gasteiger charge is 2.32. The van der Waals surface area contributed by atoms with Crippen LogP contribution in [0.5, 0.6) is 5.75 Å². The third-order valence-electron chi connectivity index (χ3n) is 2.49. The second kappa shape index (κ2) is 7.02. The number of ether oxygens (including phenoxy) is 1. The molecule has 12 heteroatoms. The molecule has 0 saturated carbocycles. The van der Waals surface area contributed by atoms with Crippen molar-refractivity contribution in [2.45, 2.75) is 6.36 Å². The minimum absolute atomic E-state index is 0.0443. The zero-order valence-electron chi connectivity index (χ0n) is 11.2. The first-order chi connectivity index (χ1) is 10.7. The van der Waals surface area contributed by atoms with Crippen molar-refractivity contribution in [1.82, 2.24) is 5.32 Å². The first kappa shape index (κ1) is 17.3. The third-order valence-corrected chi connectivity index (χ3v) is 3.35. The molecule has 1 amide bonds. The van der Waals surface area contributed by atoms with Crippen LogP contribution in [0.25, 0.3) is 0 Å². The van der Waals surface area contributed by atoms with Crippen molar-refractivity contribution in [2.75, 3.05) is 5.75 Å². The van der Waals surface area contributed by atoms with Gasteiger partial charge < -0.3 is 20.1 Å². The predicted molar refractivity (Wildman–Crippen MR) is 78.6 cm³/mol. The fourth-order valence-electron chi connectivity index (χ4n) is 1.57. The number of halogens is 3. The summed E-state index contributed by atoms with van der Waals surface area (Å²) in [6.45, 7) is 0. The molecule has 2 rings (SSSR count). The Morgan fingerprint density at radius 3 is 2.70 bits per heavy atom. The van der Waals surface area contributed by atoms with E-state index < -0.39 is 19.2 Å². The number of carbonyl (C=O) groups excluding carboxylic acids is 1. The third kappa shape index (κ3) is 5.27. The van der Waals surface area contributed by atoms with Gasteiger partial charge in [0.15, 0.2) is 5.17 Å². The molecule has 3 N–H and O–H groups in total. The second-order valence-electron chi connectivity index (χ2n) is 4.21. The van der Waals surface area contributed by atoms with Gasteiger partial charge >= 0.3 is 13.5 Å². The van der Waals surface area contributed by atoms with E-state index in [0.717, 1.165) is 36.2 Å². The lowest BCUT2D eigenvalue weighted by atomic mass is 9.79. The Labute approximate surface area is 132 Å². The first-order valence-corrected chi connectivity index (χ1v) is 7.02. The Bertz CT molecular complexity index is 666. The Balaban J connectivity index is 2.26. The van der Waals surface area contributed by atoms with Gasteiger partial charge in [-0.15, -0.1) is 18.3 Å². The molecular weight excluding hydrogens is 338 g/mol. The molecule has 0 radical (unpaired) electrons. The summed E-state index contributed by atoms with van der Waals surface area (Å²) in [6, 6.07) is 3.07. The topological polar surface area (TPSA) is 104 Å². The van der Waals surface area contributed by atoms with Crippen LogP contribution in [0.2, 0.25) is 0 Å². The molecule has 1 heterocycles. The Morgan fingerprint density at radius 2 is 2.13 bits per heavy atom. The molecule has 0 atom stereocenters. The maximum absolute atomic E-state index is 12.3. The van der Waals surface area contributed by atoms with E-state index in [4.69, 9.17) is 10.0 Å². The molecule has 0 bridgehead atoms. The summed E-state index contributed by atoms with van der Waals surface area (Å²) in [5.41, 5.74) is -0.205. The van der Waals surface area contributed by atoms with Crippen LogP contribution in [-0.4, -0.2) is 46.6 Å². The lowest BCUT2D eigenvalue weighted by molar-refractivity contribution is -0.274. The number of benzene rings is 1. The lowest BCUT2D eigenvalue weighted by Gasteiger charge is -2.12. The van der Waals surface area contributed by atoms with Crippen LogP contribution in [0, 0.1) is 0 Å². The number of hydrogen-bond acceptors (Lipinski definition) is 7. The van der Waals surface area contributed by atoms with Crippen LogP contribution < -0.4 is 15.5 Å². The number of nitrogens with one attached hydrogen (secondary N) is 1. The Morgan fingerprint density at radius 1 is 1.39 bits per heavy atom. The number of amidine groups is 1. The maximum Gasteiger partial charge on any atom is 0.573 e. The summed E-state index contributed by atoms with van der Waals surface area (Å²) >= 11 is 1.09. The summed E-state index contributed by atoms with van der Waals surface area (Å²) < 4.78 is 40.9. The van der Waals surface area contributed by atoms with Gasteiger partial charge in [0.1, 0.15) is 5.75 Å². The fraction of sp³-hybridized carbons (Fsp3) is 0.182. The van der Waals surface area contributed by atoms with E-state index in [1.165, 1.54) is 0 Å². The molecule has 1 fully saturated rings. The van der Waals surface area contributed by atoms with Crippen LogP contribution in [0.3, 0.4) is 0 Å². The van der Waals surface area contributed by atoms with Crippen LogP contribution >= 0.6 is 11.8 Å². The molecule has 1 aromatic rings. The number of alkyl halides is 3. The van der Waals surface area contributed by atoms with Gasteiger partial charge in [0.2, 0.25) is 5.91 Å². The summed E-state index contributed by atoms with van der Waals surface area (Å²) in [5, 5.41) is 27.9.